The van der Waals surface area contributed by atoms with Crippen molar-refractivity contribution in [3.8, 4) is 11.5 Å². The first-order valence-corrected chi connectivity index (χ1v) is 10.2. The van der Waals surface area contributed by atoms with Crippen LogP contribution in [0.2, 0.25) is 5.02 Å². The molecular weight excluding hydrogens is 420 g/mol. The molecule has 31 heavy (non-hydrogen) atoms. The van der Waals surface area contributed by atoms with Gasteiger partial charge in [0, 0.05) is 24.6 Å². The highest BCUT2D eigenvalue weighted by atomic mass is 35.5. The normalized spacial score (nSPS) is 12.3. The molecule has 2 heterocycles. The molecule has 3 aromatic rings. The topological polar surface area (TPSA) is 94.5 Å². The lowest BCUT2D eigenvalue weighted by atomic mass is 10.1. The van der Waals surface area contributed by atoms with Crippen LogP contribution in [0.25, 0.3) is 0 Å². The minimum Gasteiger partial charge on any atom is -0.486 e. The summed E-state index contributed by atoms with van der Waals surface area (Å²) in [7, 11) is 0. The fourth-order valence-corrected chi connectivity index (χ4v) is 3.50. The fourth-order valence-electron chi connectivity index (χ4n) is 3.22. The molecule has 2 amide bonds. The number of fused-ring (bicyclic) bond motifs is 1. The monoisotopic (exact) mass is 440 g/mol. The molecule has 2 N–H and O–H groups in total. The molecule has 8 nitrogen and oxygen atoms in total. The second-order valence-corrected chi connectivity index (χ2v) is 7.41. The molecule has 0 atom stereocenters. The van der Waals surface area contributed by atoms with Gasteiger partial charge >= 0.3 is 0 Å². The number of carbonyl (C=O) groups excluding carboxylic acids is 2. The number of aromatic nitrogens is 2. The molecule has 1 aliphatic rings. The number of hydrogen-bond donors (Lipinski definition) is 2. The molecule has 9 heteroatoms. The number of hydrogen-bond acceptors (Lipinski definition) is 5. The van der Waals surface area contributed by atoms with Gasteiger partial charge in [-0.25, -0.2) is 0 Å². The Morgan fingerprint density at radius 2 is 1.94 bits per heavy atom. The molecular formula is C22H21ClN4O4. The number of nitrogens with one attached hydrogen (secondary N) is 2. The van der Waals surface area contributed by atoms with Gasteiger partial charge in [0.2, 0.25) is 11.8 Å². The lowest BCUT2D eigenvalue weighted by molar-refractivity contribution is -0.120. The van der Waals surface area contributed by atoms with Crippen LogP contribution in [0, 0.1) is 0 Å². The van der Waals surface area contributed by atoms with Crippen molar-refractivity contribution in [2.24, 2.45) is 0 Å². The average molecular weight is 441 g/mol. The maximum atomic E-state index is 12.4. The quantitative estimate of drug-likeness (QED) is 0.589. The molecule has 2 aromatic carbocycles. The number of amides is 2. The lowest BCUT2D eigenvalue weighted by Crippen LogP contribution is -2.25. The van der Waals surface area contributed by atoms with E-state index < -0.39 is 0 Å². The standard InChI is InChI=1S/C22H21ClN4O4/c23-18-10-16(11-19-22(18)31-8-7-30-19)12-20(28)24-13-15-3-1-4-17(9-15)26-21(29)14-27-6-2-5-25-27/h1-6,9-11H,7-8,12-14H2,(H,24,28)(H,26,29). The van der Waals surface area contributed by atoms with Gasteiger partial charge in [0.15, 0.2) is 11.5 Å². The van der Waals surface area contributed by atoms with Crippen LogP contribution in [0.3, 0.4) is 0 Å². The lowest BCUT2D eigenvalue weighted by Gasteiger charge is -2.20. The van der Waals surface area contributed by atoms with Crippen LogP contribution in [0.1, 0.15) is 11.1 Å². The Labute approximate surface area is 184 Å². The number of anilines is 1. The minimum atomic E-state index is -0.180. The molecule has 0 bridgehead atoms. The van der Waals surface area contributed by atoms with E-state index in [1.54, 1.807) is 41.3 Å². The second kappa shape index (κ2) is 9.53. The summed E-state index contributed by atoms with van der Waals surface area (Å²) >= 11 is 6.23. The van der Waals surface area contributed by atoms with E-state index in [2.05, 4.69) is 15.7 Å². The largest absolute Gasteiger partial charge is 0.486 e. The Bertz CT molecular complexity index is 1090. The molecule has 1 aliphatic heterocycles. The highest BCUT2D eigenvalue weighted by molar-refractivity contribution is 6.32. The highest BCUT2D eigenvalue weighted by Crippen LogP contribution is 2.38. The van der Waals surface area contributed by atoms with Crippen LogP contribution in [0.15, 0.2) is 54.9 Å². The summed E-state index contributed by atoms with van der Waals surface area (Å²) in [5.41, 5.74) is 2.26. The highest BCUT2D eigenvalue weighted by Gasteiger charge is 2.17. The van der Waals surface area contributed by atoms with E-state index in [4.69, 9.17) is 21.1 Å². The Kier molecular flexibility index (Phi) is 6.37. The van der Waals surface area contributed by atoms with Crippen molar-refractivity contribution in [3.63, 3.8) is 0 Å². The smallest absolute Gasteiger partial charge is 0.246 e. The van der Waals surface area contributed by atoms with Crippen LogP contribution in [-0.2, 0) is 29.1 Å². The summed E-state index contributed by atoms with van der Waals surface area (Å²) in [6, 6.07) is 12.6. The summed E-state index contributed by atoms with van der Waals surface area (Å²) in [5, 5.41) is 10.2. The Morgan fingerprint density at radius 3 is 2.77 bits per heavy atom. The Balaban J connectivity index is 1.31. The summed E-state index contributed by atoms with van der Waals surface area (Å²) in [6.07, 6.45) is 3.51. The van der Waals surface area contributed by atoms with Gasteiger partial charge in [-0.1, -0.05) is 23.7 Å². The summed E-state index contributed by atoms with van der Waals surface area (Å²) in [4.78, 5) is 24.5. The maximum Gasteiger partial charge on any atom is 0.246 e. The summed E-state index contributed by atoms with van der Waals surface area (Å²) < 4.78 is 12.6. The number of rotatable bonds is 7. The SMILES string of the molecule is O=C(Cc1cc(Cl)c2c(c1)OCCO2)NCc1cccc(NC(=O)Cn2cccn2)c1. The van der Waals surface area contributed by atoms with Gasteiger partial charge in [0.1, 0.15) is 19.8 Å². The molecule has 0 radical (unpaired) electrons. The van der Waals surface area contributed by atoms with Gasteiger partial charge in [-0.3, -0.25) is 14.3 Å². The van der Waals surface area contributed by atoms with Gasteiger partial charge < -0.3 is 20.1 Å². The van der Waals surface area contributed by atoms with Gasteiger partial charge in [0.25, 0.3) is 0 Å². The zero-order valence-corrected chi connectivity index (χ0v) is 17.4. The summed E-state index contributed by atoms with van der Waals surface area (Å²) in [6.45, 7) is 1.37. The zero-order valence-electron chi connectivity index (χ0n) is 16.6. The minimum absolute atomic E-state index is 0.131. The molecule has 0 spiro atoms. The number of halogens is 1. The number of carbonyl (C=O) groups is 2. The van der Waals surface area contributed by atoms with Crippen molar-refractivity contribution < 1.29 is 19.1 Å². The van der Waals surface area contributed by atoms with Gasteiger partial charge in [-0.05, 0) is 41.5 Å². The molecule has 0 fully saturated rings. The first-order valence-electron chi connectivity index (χ1n) is 9.78. The first kappa shape index (κ1) is 20.7. The zero-order chi connectivity index (χ0) is 21.6. The maximum absolute atomic E-state index is 12.4. The third-order valence-corrected chi connectivity index (χ3v) is 4.87. The molecule has 0 saturated carbocycles. The van der Waals surface area contributed by atoms with Crippen molar-refractivity contribution in [2.75, 3.05) is 18.5 Å². The third-order valence-electron chi connectivity index (χ3n) is 4.59. The van der Waals surface area contributed by atoms with Crippen molar-refractivity contribution in [1.82, 2.24) is 15.1 Å². The van der Waals surface area contributed by atoms with Crippen LogP contribution >= 0.6 is 11.6 Å². The van der Waals surface area contributed by atoms with Crippen LogP contribution in [-0.4, -0.2) is 34.8 Å². The molecule has 0 aliphatic carbocycles. The summed E-state index contributed by atoms with van der Waals surface area (Å²) in [5.74, 6) is 0.741. The van der Waals surface area contributed by atoms with E-state index in [0.29, 0.717) is 42.0 Å². The molecule has 160 valence electrons. The van der Waals surface area contributed by atoms with Crippen molar-refractivity contribution in [1.29, 1.82) is 0 Å². The van der Waals surface area contributed by atoms with E-state index in [1.165, 1.54) is 0 Å². The third kappa shape index (κ3) is 5.55. The average Bonchev–Trinajstić information content (AvgIpc) is 3.25. The predicted octanol–water partition coefficient (Wildman–Crippen LogP) is 2.81. The predicted molar refractivity (Wildman–Crippen MR) is 115 cm³/mol. The van der Waals surface area contributed by atoms with E-state index in [1.807, 2.05) is 18.2 Å². The van der Waals surface area contributed by atoms with Crippen molar-refractivity contribution >= 4 is 29.1 Å². The first-order chi connectivity index (χ1) is 15.1. The van der Waals surface area contributed by atoms with E-state index in [0.717, 1.165) is 11.1 Å². The van der Waals surface area contributed by atoms with E-state index >= 15 is 0 Å². The fraction of sp³-hybridized carbons (Fsp3) is 0.227. The van der Waals surface area contributed by atoms with E-state index in [-0.39, 0.29) is 24.8 Å². The molecule has 4 rings (SSSR count). The van der Waals surface area contributed by atoms with Crippen LogP contribution in [0.5, 0.6) is 11.5 Å². The second-order valence-electron chi connectivity index (χ2n) is 7.01. The van der Waals surface area contributed by atoms with Gasteiger partial charge in [-0.2, -0.15) is 5.10 Å². The number of nitrogens with zero attached hydrogens (tertiary/aromatic N) is 2. The van der Waals surface area contributed by atoms with Crippen LogP contribution < -0.4 is 20.1 Å². The molecule has 0 saturated heterocycles. The van der Waals surface area contributed by atoms with Crippen molar-refractivity contribution in [2.45, 2.75) is 19.5 Å². The Hall–Kier alpha value is -3.52. The molecule has 0 unspecified atom stereocenters. The van der Waals surface area contributed by atoms with Crippen molar-refractivity contribution in [3.05, 3.63) is 71.0 Å². The Morgan fingerprint density at radius 1 is 1.06 bits per heavy atom. The molecule has 1 aromatic heterocycles. The number of benzene rings is 2. The van der Waals surface area contributed by atoms with Crippen LogP contribution in [0.4, 0.5) is 5.69 Å². The number of ether oxygens (including phenoxy) is 2. The van der Waals surface area contributed by atoms with Gasteiger partial charge in [0.05, 0.1) is 11.4 Å². The van der Waals surface area contributed by atoms with Gasteiger partial charge in [-0.15, -0.1) is 0 Å². The van der Waals surface area contributed by atoms with E-state index in [9.17, 15) is 9.59 Å².